The van der Waals surface area contributed by atoms with E-state index in [-0.39, 0.29) is 6.10 Å². The molecule has 0 aromatic carbocycles. The normalized spacial score (nSPS) is 13.5. The maximum Gasteiger partial charge on any atom is 0.130 e. The Bertz CT molecular complexity index is 369. The molecule has 3 nitrogen and oxygen atoms in total. The zero-order chi connectivity index (χ0) is 14.4. The van der Waals surface area contributed by atoms with Crippen LogP contribution in [0.15, 0.2) is 10.5 Å². The highest BCUT2D eigenvalue weighted by molar-refractivity contribution is 5.20. The molecule has 1 atom stereocenters. The molecule has 0 aliphatic rings. The van der Waals surface area contributed by atoms with Crippen molar-refractivity contribution >= 4 is 0 Å². The van der Waals surface area contributed by atoms with E-state index >= 15 is 0 Å². The molecule has 1 aromatic heterocycles. The molecule has 0 bridgehead atoms. The smallest absolute Gasteiger partial charge is 0.130 e. The third kappa shape index (κ3) is 6.26. The van der Waals surface area contributed by atoms with Crippen LogP contribution < -0.4 is 5.32 Å². The van der Waals surface area contributed by atoms with E-state index < -0.39 is 0 Å². The van der Waals surface area contributed by atoms with Crippen molar-refractivity contribution in [3.63, 3.8) is 0 Å². The second-order valence-electron chi connectivity index (χ2n) is 6.08. The van der Waals surface area contributed by atoms with Crippen molar-refractivity contribution in [3.8, 4) is 0 Å². The summed E-state index contributed by atoms with van der Waals surface area (Å²) in [6.07, 6.45) is 1.37. The number of rotatable bonds is 8. The van der Waals surface area contributed by atoms with Gasteiger partial charge in [-0.3, -0.25) is 0 Å². The second-order valence-corrected chi connectivity index (χ2v) is 6.08. The fourth-order valence-corrected chi connectivity index (χ4v) is 2.10. The van der Waals surface area contributed by atoms with Crippen molar-refractivity contribution in [2.24, 2.45) is 5.92 Å². The summed E-state index contributed by atoms with van der Waals surface area (Å²) in [6, 6.07) is 2.59. The third-order valence-electron chi connectivity index (χ3n) is 3.09. The Balaban J connectivity index is 2.44. The Hall–Kier alpha value is -0.800. The molecular weight excluding hydrogens is 238 g/mol. The van der Waals surface area contributed by atoms with Crippen molar-refractivity contribution in [1.82, 2.24) is 5.32 Å². The molecule has 0 saturated carbocycles. The first-order valence-electron chi connectivity index (χ1n) is 7.31. The molecule has 0 saturated heterocycles. The van der Waals surface area contributed by atoms with Gasteiger partial charge in [-0.05, 0) is 32.3 Å². The second kappa shape index (κ2) is 7.71. The molecule has 1 heterocycles. The van der Waals surface area contributed by atoms with Gasteiger partial charge in [0.05, 0.1) is 6.10 Å². The van der Waals surface area contributed by atoms with Gasteiger partial charge in [0, 0.05) is 18.2 Å². The van der Waals surface area contributed by atoms with Crippen LogP contribution in [-0.2, 0) is 17.9 Å². The standard InChI is InChI=1S/C16H29NO2/c1-11(2)7-13(5)18-10-16-8-15(14(6)19-16)9-17-12(3)4/h8,11-13,17H,7,9-10H2,1-6H3. The molecule has 1 rings (SSSR count). The molecular formula is C16H29NO2. The minimum atomic E-state index is 0.280. The summed E-state index contributed by atoms with van der Waals surface area (Å²) in [5.74, 6) is 2.58. The lowest BCUT2D eigenvalue weighted by Crippen LogP contribution is -2.21. The molecule has 0 fully saturated rings. The highest BCUT2D eigenvalue weighted by Crippen LogP contribution is 2.17. The fraction of sp³-hybridized carbons (Fsp3) is 0.750. The van der Waals surface area contributed by atoms with Crippen molar-refractivity contribution in [3.05, 3.63) is 23.2 Å². The van der Waals surface area contributed by atoms with Crippen molar-refractivity contribution < 1.29 is 9.15 Å². The molecule has 1 aromatic rings. The Morgan fingerprint density at radius 2 is 1.89 bits per heavy atom. The molecule has 19 heavy (non-hydrogen) atoms. The van der Waals surface area contributed by atoms with E-state index in [0.29, 0.717) is 18.6 Å². The number of hydrogen-bond acceptors (Lipinski definition) is 3. The van der Waals surface area contributed by atoms with Crippen LogP contribution in [-0.4, -0.2) is 12.1 Å². The molecule has 3 heteroatoms. The van der Waals surface area contributed by atoms with E-state index in [9.17, 15) is 0 Å². The predicted octanol–water partition coefficient (Wildman–Crippen LogP) is 4.04. The predicted molar refractivity (Wildman–Crippen MR) is 79.1 cm³/mol. The van der Waals surface area contributed by atoms with Crippen LogP contribution in [0.1, 0.15) is 58.1 Å². The summed E-state index contributed by atoms with van der Waals surface area (Å²) in [5.41, 5.74) is 1.23. The summed E-state index contributed by atoms with van der Waals surface area (Å²) < 4.78 is 11.6. The molecule has 0 amide bonds. The maximum absolute atomic E-state index is 5.82. The number of hydrogen-bond donors (Lipinski definition) is 1. The van der Waals surface area contributed by atoms with Crippen LogP contribution in [0.4, 0.5) is 0 Å². The lowest BCUT2D eigenvalue weighted by Gasteiger charge is -2.13. The summed E-state index contributed by atoms with van der Waals surface area (Å²) in [6.45, 7) is 14.3. The lowest BCUT2D eigenvalue weighted by atomic mass is 10.1. The SMILES string of the molecule is Cc1oc(COC(C)CC(C)C)cc1CNC(C)C. The van der Waals surface area contributed by atoms with Gasteiger partial charge in [-0.2, -0.15) is 0 Å². The van der Waals surface area contributed by atoms with E-state index in [0.717, 1.165) is 24.5 Å². The quantitative estimate of drug-likeness (QED) is 0.772. The van der Waals surface area contributed by atoms with Crippen LogP contribution in [0.25, 0.3) is 0 Å². The topological polar surface area (TPSA) is 34.4 Å². The van der Waals surface area contributed by atoms with Gasteiger partial charge in [-0.1, -0.05) is 27.7 Å². The van der Waals surface area contributed by atoms with Gasteiger partial charge in [0.1, 0.15) is 18.1 Å². The van der Waals surface area contributed by atoms with Crippen molar-refractivity contribution in [1.29, 1.82) is 0 Å². The van der Waals surface area contributed by atoms with Gasteiger partial charge in [0.15, 0.2) is 0 Å². The molecule has 1 unspecified atom stereocenters. The molecule has 0 aliphatic heterocycles. The van der Waals surface area contributed by atoms with E-state index in [1.165, 1.54) is 5.56 Å². The van der Waals surface area contributed by atoms with Crippen LogP contribution in [0.3, 0.4) is 0 Å². The Labute approximate surface area is 117 Å². The monoisotopic (exact) mass is 267 g/mol. The average Bonchev–Trinajstić information content (AvgIpc) is 2.64. The minimum Gasteiger partial charge on any atom is -0.464 e. The maximum atomic E-state index is 5.82. The molecule has 1 N–H and O–H groups in total. The zero-order valence-corrected chi connectivity index (χ0v) is 13.2. The molecule has 0 aliphatic carbocycles. The molecule has 110 valence electrons. The van der Waals surface area contributed by atoms with Gasteiger partial charge in [-0.15, -0.1) is 0 Å². The first-order valence-corrected chi connectivity index (χ1v) is 7.31. The largest absolute Gasteiger partial charge is 0.464 e. The van der Waals surface area contributed by atoms with Gasteiger partial charge in [-0.25, -0.2) is 0 Å². The zero-order valence-electron chi connectivity index (χ0n) is 13.2. The highest BCUT2D eigenvalue weighted by atomic mass is 16.5. The summed E-state index contributed by atoms with van der Waals surface area (Å²) in [7, 11) is 0. The van der Waals surface area contributed by atoms with Crippen LogP contribution in [0, 0.1) is 12.8 Å². The highest BCUT2D eigenvalue weighted by Gasteiger charge is 2.10. The first-order chi connectivity index (χ1) is 8.88. The Morgan fingerprint density at radius 3 is 2.47 bits per heavy atom. The number of aryl methyl sites for hydroxylation is 1. The van der Waals surface area contributed by atoms with Crippen LogP contribution >= 0.6 is 0 Å². The average molecular weight is 267 g/mol. The van der Waals surface area contributed by atoms with E-state index in [1.807, 2.05) is 6.92 Å². The summed E-state index contributed by atoms with van der Waals surface area (Å²) in [5, 5.41) is 3.41. The van der Waals surface area contributed by atoms with Crippen molar-refractivity contribution in [2.45, 2.75) is 73.3 Å². The van der Waals surface area contributed by atoms with Crippen LogP contribution in [0.2, 0.25) is 0 Å². The summed E-state index contributed by atoms with van der Waals surface area (Å²) >= 11 is 0. The van der Waals surface area contributed by atoms with Gasteiger partial charge < -0.3 is 14.5 Å². The van der Waals surface area contributed by atoms with Gasteiger partial charge in [0.2, 0.25) is 0 Å². The van der Waals surface area contributed by atoms with Gasteiger partial charge in [0.25, 0.3) is 0 Å². The summed E-state index contributed by atoms with van der Waals surface area (Å²) in [4.78, 5) is 0. The number of ether oxygens (including phenoxy) is 1. The van der Waals surface area contributed by atoms with E-state index in [4.69, 9.17) is 9.15 Å². The van der Waals surface area contributed by atoms with E-state index in [1.54, 1.807) is 0 Å². The first kappa shape index (κ1) is 16.3. The lowest BCUT2D eigenvalue weighted by molar-refractivity contribution is 0.0300. The number of furan rings is 1. The number of nitrogens with one attached hydrogen (secondary N) is 1. The van der Waals surface area contributed by atoms with Crippen LogP contribution in [0.5, 0.6) is 0 Å². The Morgan fingerprint density at radius 1 is 1.21 bits per heavy atom. The van der Waals surface area contributed by atoms with Crippen molar-refractivity contribution in [2.75, 3.05) is 0 Å². The molecule has 0 spiro atoms. The third-order valence-corrected chi connectivity index (χ3v) is 3.09. The van der Waals surface area contributed by atoms with E-state index in [2.05, 4.69) is 46.0 Å². The molecule has 0 radical (unpaired) electrons. The fourth-order valence-electron chi connectivity index (χ4n) is 2.10. The minimum absolute atomic E-state index is 0.280. The Kier molecular flexibility index (Phi) is 6.59. The van der Waals surface area contributed by atoms with Gasteiger partial charge >= 0.3 is 0 Å².